The monoisotopic (exact) mass is 640 g/mol. The van der Waals surface area contributed by atoms with Gasteiger partial charge in [-0.1, -0.05) is 91.0 Å². The van der Waals surface area contributed by atoms with Crippen LogP contribution >= 0.6 is 11.3 Å². The van der Waals surface area contributed by atoms with Crippen LogP contribution in [-0.2, 0) is 0 Å². The van der Waals surface area contributed by atoms with Crippen LogP contribution in [0, 0.1) is 0 Å². The van der Waals surface area contributed by atoms with Crippen LogP contribution in [0.1, 0.15) is 0 Å². The Labute approximate surface area is 286 Å². The predicted molar refractivity (Wildman–Crippen MR) is 211 cm³/mol. The number of hydrogen-bond donors (Lipinski definition) is 0. The van der Waals surface area contributed by atoms with Gasteiger partial charge in [-0.25, -0.2) is 0 Å². The molecule has 0 saturated carbocycles. The second-order valence-electron chi connectivity index (χ2n) is 13.0. The number of aromatic nitrogens is 2. The summed E-state index contributed by atoms with van der Waals surface area (Å²) in [7, 11) is 0. The van der Waals surface area contributed by atoms with Crippen molar-refractivity contribution >= 4 is 85.9 Å². The van der Waals surface area contributed by atoms with E-state index in [-0.39, 0.29) is 0 Å². The van der Waals surface area contributed by atoms with Crippen molar-refractivity contribution in [2.24, 2.45) is 0 Å². The average molecular weight is 641 g/mol. The van der Waals surface area contributed by atoms with E-state index in [9.17, 15) is 0 Å². The van der Waals surface area contributed by atoms with Gasteiger partial charge in [-0.05, 0) is 101 Å². The van der Waals surface area contributed by atoms with Crippen molar-refractivity contribution in [1.82, 2.24) is 9.13 Å². The first-order valence-corrected chi connectivity index (χ1v) is 17.6. The largest absolute Gasteiger partial charge is 0.309 e. The first-order valence-electron chi connectivity index (χ1n) is 16.8. The second-order valence-corrected chi connectivity index (χ2v) is 14.1. The summed E-state index contributed by atoms with van der Waals surface area (Å²) in [6, 6.07) is 62.6. The van der Waals surface area contributed by atoms with Crippen LogP contribution in [0.25, 0.3) is 97.1 Å². The molecular formula is C46H28N2S. The van der Waals surface area contributed by atoms with Crippen LogP contribution in [0.15, 0.2) is 170 Å². The first-order chi connectivity index (χ1) is 24.3. The SMILES string of the molecule is c1ccc(-n2c3ccccc3c3cc(-c4ccc5c(c4)c4cc6ccccc6cc4n5-c4ccc5sc6ccccc6c5c4)ccc32)cc1. The summed E-state index contributed by atoms with van der Waals surface area (Å²) >= 11 is 1.87. The number of para-hydroxylation sites is 2. The number of thiophene rings is 1. The molecule has 0 N–H and O–H groups in total. The molecule has 0 atom stereocenters. The van der Waals surface area contributed by atoms with E-state index >= 15 is 0 Å². The fourth-order valence-corrected chi connectivity index (χ4v) is 9.11. The quantitative estimate of drug-likeness (QED) is 0.182. The second kappa shape index (κ2) is 10.2. The lowest BCUT2D eigenvalue weighted by molar-refractivity contribution is 1.18. The molecule has 0 fully saturated rings. The highest BCUT2D eigenvalue weighted by atomic mass is 32.1. The van der Waals surface area contributed by atoms with E-state index in [0.717, 1.165) is 0 Å². The van der Waals surface area contributed by atoms with Crippen LogP contribution in [-0.4, -0.2) is 9.13 Å². The molecule has 3 heterocycles. The molecule has 3 aromatic heterocycles. The molecule has 228 valence electrons. The van der Waals surface area contributed by atoms with E-state index in [1.54, 1.807) is 0 Å². The molecule has 3 heteroatoms. The summed E-state index contributed by atoms with van der Waals surface area (Å²) in [6.07, 6.45) is 0. The maximum Gasteiger partial charge on any atom is 0.0547 e. The summed E-state index contributed by atoms with van der Waals surface area (Å²) in [5.74, 6) is 0. The minimum atomic E-state index is 1.18. The van der Waals surface area contributed by atoms with Crippen molar-refractivity contribution in [2.75, 3.05) is 0 Å². The number of hydrogen-bond acceptors (Lipinski definition) is 1. The van der Waals surface area contributed by atoms with Gasteiger partial charge in [0.25, 0.3) is 0 Å². The third-order valence-corrected chi connectivity index (χ3v) is 11.4. The maximum absolute atomic E-state index is 2.46. The maximum atomic E-state index is 2.46. The molecular weight excluding hydrogens is 613 g/mol. The Morgan fingerprint density at radius 2 is 0.878 bits per heavy atom. The Kier molecular flexibility index (Phi) is 5.57. The third-order valence-electron chi connectivity index (χ3n) is 10.3. The molecule has 0 bridgehead atoms. The molecule has 0 aliphatic heterocycles. The highest BCUT2D eigenvalue weighted by Crippen LogP contribution is 2.41. The van der Waals surface area contributed by atoms with Crippen LogP contribution in [0.4, 0.5) is 0 Å². The summed E-state index contributed by atoms with van der Waals surface area (Å²) in [5.41, 5.74) is 9.69. The minimum Gasteiger partial charge on any atom is -0.309 e. The lowest BCUT2D eigenvalue weighted by Gasteiger charge is -2.10. The van der Waals surface area contributed by atoms with Gasteiger partial charge in [0.05, 0.1) is 22.1 Å². The van der Waals surface area contributed by atoms with Crippen molar-refractivity contribution in [2.45, 2.75) is 0 Å². The molecule has 0 amide bonds. The minimum absolute atomic E-state index is 1.18. The van der Waals surface area contributed by atoms with E-state index in [0.29, 0.717) is 0 Å². The fourth-order valence-electron chi connectivity index (χ4n) is 8.02. The van der Waals surface area contributed by atoms with Crippen LogP contribution < -0.4 is 0 Å². The van der Waals surface area contributed by atoms with Gasteiger partial charge in [0, 0.05) is 53.1 Å². The molecule has 0 saturated heterocycles. The van der Waals surface area contributed by atoms with E-state index < -0.39 is 0 Å². The van der Waals surface area contributed by atoms with E-state index in [2.05, 4.69) is 179 Å². The smallest absolute Gasteiger partial charge is 0.0547 e. The lowest BCUT2D eigenvalue weighted by Crippen LogP contribution is -1.93. The Hall–Kier alpha value is -6.16. The Morgan fingerprint density at radius 1 is 0.306 bits per heavy atom. The third kappa shape index (κ3) is 3.94. The standard InChI is InChI=1S/C46H28N2S/c1-2-12-33(13-3-1)47-41-16-8-6-14-35(41)37-25-31(18-21-42(37)47)32-19-22-43-38(26-32)39-24-29-10-4-5-11-30(29)27-44(39)48(43)34-20-23-46-40(28-34)36-15-7-9-17-45(36)49-46/h1-28H. The molecule has 8 aromatic carbocycles. The number of rotatable bonds is 3. The molecule has 49 heavy (non-hydrogen) atoms. The van der Waals surface area contributed by atoms with Crippen LogP contribution in [0.2, 0.25) is 0 Å². The molecule has 0 aliphatic carbocycles. The first kappa shape index (κ1) is 26.9. The van der Waals surface area contributed by atoms with Crippen molar-refractivity contribution in [3.63, 3.8) is 0 Å². The summed E-state index contributed by atoms with van der Waals surface area (Å²) in [5, 5.41) is 10.2. The molecule has 11 rings (SSSR count). The summed E-state index contributed by atoms with van der Waals surface area (Å²) in [4.78, 5) is 0. The average Bonchev–Trinajstić information content (AvgIpc) is 3.81. The Balaban J connectivity index is 1.16. The zero-order valence-corrected chi connectivity index (χ0v) is 27.3. The Morgan fingerprint density at radius 3 is 1.67 bits per heavy atom. The van der Waals surface area contributed by atoms with Crippen LogP contribution in [0.5, 0.6) is 0 Å². The van der Waals surface area contributed by atoms with Gasteiger partial charge in [0.1, 0.15) is 0 Å². The number of nitrogens with zero attached hydrogens (tertiary/aromatic N) is 2. The van der Waals surface area contributed by atoms with E-state index in [1.165, 1.54) is 97.1 Å². The molecule has 2 nitrogen and oxygen atoms in total. The van der Waals surface area contributed by atoms with E-state index in [4.69, 9.17) is 0 Å². The van der Waals surface area contributed by atoms with Crippen molar-refractivity contribution < 1.29 is 0 Å². The molecule has 0 unspecified atom stereocenters. The van der Waals surface area contributed by atoms with Gasteiger partial charge in [-0.15, -0.1) is 11.3 Å². The highest BCUT2D eigenvalue weighted by molar-refractivity contribution is 7.25. The molecule has 11 aromatic rings. The topological polar surface area (TPSA) is 9.86 Å². The van der Waals surface area contributed by atoms with Crippen molar-refractivity contribution in [1.29, 1.82) is 0 Å². The normalized spacial score (nSPS) is 12.1. The molecule has 0 aliphatic rings. The van der Waals surface area contributed by atoms with Gasteiger partial charge in [0.2, 0.25) is 0 Å². The number of benzene rings is 8. The van der Waals surface area contributed by atoms with Gasteiger partial charge in [0.15, 0.2) is 0 Å². The fraction of sp³-hybridized carbons (Fsp3) is 0. The summed E-state index contributed by atoms with van der Waals surface area (Å²) in [6.45, 7) is 0. The zero-order valence-electron chi connectivity index (χ0n) is 26.5. The van der Waals surface area contributed by atoms with E-state index in [1.807, 2.05) is 11.3 Å². The van der Waals surface area contributed by atoms with Crippen molar-refractivity contribution in [3.8, 4) is 22.5 Å². The molecule has 0 spiro atoms. The number of fused-ring (bicyclic) bond motifs is 10. The molecule has 0 radical (unpaired) electrons. The Bertz CT molecular complexity index is 3100. The predicted octanol–water partition coefficient (Wildman–Crippen LogP) is 13.1. The van der Waals surface area contributed by atoms with Crippen LogP contribution in [0.3, 0.4) is 0 Å². The zero-order chi connectivity index (χ0) is 32.1. The lowest BCUT2D eigenvalue weighted by atomic mass is 10.00. The van der Waals surface area contributed by atoms with Crippen molar-refractivity contribution in [3.05, 3.63) is 170 Å². The van der Waals surface area contributed by atoms with Gasteiger partial charge < -0.3 is 9.13 Å². The highest BCUT2D eigenvalue weighted by Gasteiger charge is 2.17. The van der Waals surface area contributed by atoms with Gasteiger partial charge in [-0.2, -0.15) is 0 Å². The van der Waals surface area contributed by atoms with Gasteiger partial charge in [-0.3, -0.25) is 0 Å². The van der Waals surface area contributed by atoms with Gasteiger partial charge >= 0.3 is 0 Å². The summed E-state index contributed by atoms with van der Waals surface area (Å²) < 4.78 is 7.49.